The van der Waals surface area contributed by atoms with Gasteiger partial charge in [-0.3, -0.25) is 19.8 Å². The maximum Gasteiger partial charge on any atom is 0.337 e. The molecule has 1 amide bonds. The number of nitrogens with zero attached hydrogens (tertiary/aromatic N) is 3. The topological polar surface area (TPSA) is 94.2 Å². The molecule has 9 heteroatoms. The second-order valence-corrected chi connectivity index (χ2v) is 11.3. The number of likely N-dealkylation sites (tertiary alicyclic amines) is 1. The maximum absolute atomic E-state index is 13.3. The minimum absolute atomic E-state index is 0.0529. The van der Waals surface area contributed by atoms with Crippen LogP contribution < -0.4 is 10.6 Å². The van der Waals surface area contributed by atoms with Crippen molar-refractivity contribution >= 4 is 28.9 Å². The first-order valence-corrected chi connectivity index (χ1v) is 14.6. The molecule has 2 N–H and O–H groups in total. The lowest BCUT2D eigenvalue weighted by Crippen LogP contribution is -2.57. The SMILES string of the molecule is COC(=O)c1ccc(/C(C(C)=O)=C(/NC2CCC3C(CCN3C(=O)CN3CCN(C)CC3)N2)c2ccccc2)cc1. The standard InChI is InChI=1S/C32H41N5O4/c1-22(38)30(23-9-11-25(12-10-23)32(40)41-3)31(24-7-5-4-6-8-24)34-28-14-13-27-26(33-28)15-16-37(27)29(39)21-36-19-17-35(2)18-20-36/h4-12,26-28,33-34H,13-21H2,1-3H3/b31-30+. The highest BCUT2D eigenvalue weighted by Gasteiger charge is 2.41. The lowest BCUT2D eigenvalue weighted by Gasteiger charge is -2.39. The highest BCUT2D eigenvalue weighted by molar-refractivity contribution is 6.26. The Labute approximate surface area is 242 Å². The van der Waals surface area contributed by atoms with E-state index in [0.717, 1.165) is 68.8 Å². The number of piperidine rings is 1. The number of carbonyl (C=O) groups excluding carboxylic acids is 3. The van der Waals surface area contributed by atoms with Crippen molar-refractivity contribution in [2.45, 2.75) is 44.4 Å². The van der Waals surface area contributed by atoms with Crippen molar-refractivity contribution in [3.63, 3.8) is 0 Å². The van der Waals surface area contributed by atoms with E-state index in [1.54, 1.807) is 31.2 Å². The molecule has 218 valence electrons. The summed E-state index contributed by atoms with van der Waals surface area (Å²) < 4.78 is 4.83. The summed E-state index contributed by atoms with van der Waals surface area (Å²) in [6, 6.07) is 17.2. The van der Waals surface area contributed by atoms with Crippen molar-refractivity contribution in [3.8, 4) is 0 Å². The highest BCUT2D eigenvalue weighted by atomic mass is 16.5. The van der Waals surface area contributed by atoms with E-state index >= 15 is 0 Å². The van der Waals surface area contributed by atoms with Gasteiger partial charge in [-0.15, -0.1) is 0 Å². The number of piperazine rings is 1. The fourth-order valence-electron chi connectivity index (χ4n) is 6.29. The van der Waals surface area contributed by atoms with Gasteiger partial charge in [-0.05, 0) is 56.5 Å². The van der Waals surface area contributed by atoms with Crippen LogP contribution in [0.25, 0.3) is 11.3 Å². The summed E-state index contributed by atoms with van der Waals surface area (Å²) in [4.78, 5) is 45.0. The molecule has 3 atom stereocenters. The van der Waals surface area contributed by atoms with Gasteiger partial charge >= 0.3 is 5.97 Å². The molecule has 0 aromatic heterocycles. The zero-order chi connectivity index (χ0) is 28.9. The Morgan fingerprint density at radius 3 is 2.22 bits per heavy atom. The minimum atomic E-state index is -0.417. The quantitative estimate of drug-likeness (QED) is 0.290. The number of allylic oxidation sites excluding steroid dienone is 1. The van der Waals surface area contributed by atoms with Gasteiger partial charge in [-0.2, -0.15) is 0 Å². The Morgan fingerprint density at radius 1 is 0.878 bits per heavy atom. The minimum Gasteiger partial charge on any atom is -0.465 e. The van der Waals surface area contributed by atoms with E-state index in [0.29, 0.717) is 17.7 Å². The molecule has 2 aromatic carbocycles. The number of esters is 1. The lowest BCUT2D eigenvalue weighted by molar-refractivity contribution is -0.134. The molecule has 41 heavy (non-hydrogen) atoms. The fourth-order valence-corrected chi connectivity index (χ4v) is 6.29. The average molecular weight is 560 g/mol. The van der Waals surface area contributed by atoms with E-state index in [9.17, 15) is 14.4 Å². The Morgan fingerprint density at radius 2 is 1.56 bits per heavy atom. The summed E-state index contributed by atoms with van der Waals surface area (Å²) in [6.45, 7) is 6.72. The van der Waals surface area contributed by atoms with Gasteiger partial charge in [-0.1, -0.05) is 42.5 Å². The molecule has 3 aliphatic heterocycles. The van der Waals surface area contributed by atoms with Gasteiger partial charge in [0.15, 0.2) is 5.78 Å². The molecule has 3 heterocycles. The van der Waals surface area contributed by atoms with Gasteiger partial charge in [0, 0.05) is 50.4 Å². The molecule has 0 radical (unpaired) electrons. The molecule has 3 aliphatic rings. The first-order chi connectivity index (χ1) is 19.8. The van der Waals surface area contributed by atoms with Crippen LogP contribution in [0.2, 0.25) is 0 Å². The smallest absolute Gasteiger partial charge is 0.337 e. The Kier molecular flexibility index (Phi) is 9.17. The number of benzene rings is 2. The van der Waals surface area contributed by atoms with Crippen molar-refractivity contribution < 1.29 is 19.1 Å². The van der Waals surface area contributed by atoms with Gasteiger partial charge in [0.25, 0.3) is 0 Å². The molecular weight excluding hydrogens is 518 g/mol. The maximum atomic E-state index is 13.3. The number of ketones is 1. The number of ether oxygens (including phenoxy) is 1. The predicted octanol–water partition coefficient (Wildman–Crippen LogP) is 2.45. The zero-order valence-corrected chi connectivity index (χ0v) is 24.3. The van der Waals surface area contributed by atoms with Crippen molar-refractivity contribution in [3.05, 3.63) is 71.3 Å². The molecule has 3 saturated heterocycles. The second-order valence-electron chi connectivity index (χ2n) is 11.3. The van der Waals surface area contributed by atoms with E-state index in [2.05, 4.69) is 32.4 Å². The third-order valence-corrected chi connectivity index (χ3v) is 8.57. The van der Waals surface area contributed by atoms with Gasteiger partial charge in [-0.25, -0.2) is 4.79 Å². The van der Waals surface area contributed by atoms with Crippen LogP contribution in [0.15, 0.2) is 54.6 Å². The van der Waals surface area contributed by atoms with Gasteiger partial charge in [0.1, 0.15) is 0 Å². The highest BCUT2D eigenvalue weighted by Crippen LogP contribution is 2.31. The summed E-state index contributed by atoms with van der Waals surface area (Å²) in [6.07, 6.45) is 2.58. The van der Waals surface area contributed by atoms with Crippen LogP contribution in [-0.4, -0.2) is 104 Å². The average Bonchev–Trinajstić information content (AvgIpc) is 3.42. The van der Waals surface area contributed by atoms with E-state index < -0.39 is 5.97 Å². The molecule has 0 saturated carbocycles. The first-order valence-electron chi connectivity index (χ1n) is 14.6. The first kappa shape index (κ1) is 29.0. The number of fused-ring (bicyclic) bond motifs is 1. The molecule has 3 unspecified atom stereocenters. The predicted molar refractivity (Wildman–Crippen MR) is 159 cm³/mol. The molecule has 0 aliphatic carbocycles. The van der Waals surface area contributed by atoms with Crippen molar-refractivity contribution in [1.82, 2.24) is 25.3 Å². The number of rotatable bonds is 8. The second kappa shape index (κ2) is 13.0. The molecule has 2 aromatic rings. The van der Waals surface area contributed by atoms with Crippen LogP contribution in [0.4, 0.5) is 0 Å². The van der Waals surface area contributed by atoms with Crippen molar-refractivity contribution in [1.29, 1.82) is 0 Å². The number of hydrogen-bond donors (Lipinski definition) is 2. The zero-order valence-electron chi connectivity index (χ0n) is 24.3. The molecular formula is C32H41N5O4. The van der Waals surface area contributed by atoms with Crippen LogP contribution in [0.5, 0.6) is 0 Å². The van der Waals surface area contributed by atoms with E-state index in [1.807, 2.05) is 30.3 Å². The summed E-state index contributed by atoms with van der Waals surface area (Å²) in [7, 11) is 3.48. The number of likely N-dealkylation sites (N-methyl/N-ethyl adjacent to an activating group) is 1. The summed E-state index contributed by atoms with van der Waals surface area (Å²) in [5.41, 5.74) is 3.38. The fraction of sp³-hybridized carbons (Fsp3) is 0.469. The molecule has 0 spiro atoms. The van der Waals surface area contributed by atoms with Crippen molar-refractivity contribution in [2.24, 2.45) is 0 Å². The van der Waals surface area contributed by atoms with E-state index in [1.165, 1.54) is 7.11 Å². The van der Waals surface area contributed by atoms with Gasteiger partial charge in [0.2, 0.25) is 5.91 Å². The monoisotopic (exact) mass is 559 g/mol. The van der Waals surface area contributed by atoms with Gasteiger partial charge < -0.3 is 19.9 Å². The van der Waals surface area contributed by atoms with Crippen LogP contribution >= 0.6 is 0 Å². The third kappa shape index (κ3) is 6.69. The Hall–Kier alpha value is -3.53. The molecule has 3 fully saturated rings. The van der Waals surface area contributed by atoms with Gasteiger partial charge in [0.05, 0.1) is 31.1 Å². The Balaban J connectivity index is 1.33. The molecule has 9 nitrogen and oxygen atoms in total. The van der Waals surface area contributed by atoms with Crippen LogP contribution in [0.3, 0.4) is 0 Å². The van der Waals surface area contributed by atoms with Crippen LogP contribution in [0.1, 0.15) is 47.7 Å². The van der Waals surface area contributed by atoms with Crippen molar-refractivity contribution in [2.75, 3.05) is 53.4 Å². The van der Waals surface area contributed by atoms with Crippen LogP contribution in [0, 0.1) is 0 Å². The number of hydrogen-bond acceptors (Lipinski definition) is 8. The van der Waals surface area contributed by atoms with E-state index in [4.69, 9.17) is 4.74 Å². The molecule has 0 bridgehead atoms. The van der Waals surface area contributed by atoms with E-state index in [-0.39, 0.29) is 29.9 Å². The number of methoxy groups -OCH3 is 1. The third-order valence-electron chi connectivity index (χ3n) is 8.57. The molecule has 5 rings (SSSR count). The Bertz CT molecular complexity index is 1270. The normalized spacial score (nSPS) is 23.9. The number of nitrogens with one attached hydrogen (secondary N) is 2. The summed E-state index contributed by atoms with van der Waals surface area (Å²) >= 11 is 0. The number of carbonyl (C=O) groups is 3. The largest absolute Gasteiger partial charge is 0.465 e. The van der Waals surface area contributed by atoms with Crippen LogP contribution in [-0.2, 0) is 14.3 Å². The number of amides is 1. The summed E-state index contributed by atoms with van der Waals surface area (Å²) in [5.74, 6) is -0.258. The number of Topliss-reactive ketones (excluding diaryl/α,β-unsaturated/α-hetero) is 1. The summed E-state index contributed by atoms with van der Waals surface area (Å²) in [5, 5.41) is 7.42. The lowest BCUT2D eigenvalue weighted by atomic mass is 9.93.